The van der Waals surface area contributed by atoms with Crippen LogP contribution >= 0.6 is 0 Å². The van der Waals surface area contributed by atoms with E-state index in [-0.39, 0.29) is 11.0 Å². The molecule has 0 nitrogen and oxygen atoms in total. The fraction of sp³-hybridized carbons (Fsp3) is 0.333. The Morgan fingerprint density at radius 1 is 0.579 bits per heavy atom. The van der Waals surface area contributed by atoms with Crippen molar-refractivity contribution in [3.63, 3.8) is 0 Å². The maximum absolute atomic E-state index is 2.20. The van der Waals surface area contributed by atoms with Crippen molar-refractivity contribution in [3.05, 3.63) is 71.8 Å². The molecule has 0 unspecified atom stereocenters. The van der Waals surface area contributed by atoms with Crippen molar-refractivity contribution >= 4 is 11.0 Å². The molecule has 0 N–H and O–H groups in total. The Balaban J connectivity index is 0.000000324. The van der Waals surface area contributed by atoms with Crippen molar-refractivity contribution in [1.29, 1.82) is 0 Å². The summed E-state index contributed by atoms with van der Waals surface area (Å²) < 4.78 is 0. The van der Waals surface area contributed by atoms with Crippen LogP contribution in [-0.2, 0) is 12.8 Å². The van der Waals surface area contributed by atoms with Crippen LogP contribution in [0.5, 0.6) is 0 Å². The molecule has 0 aliphatic heterocycles. The summed E-state index contributed by atoms with van der Waals surface area (Å²) in [4.78, 5) is 0. The first kappa shape index (κ1) is 17.7. The summed E-state index contributed by atoms with van der Waals surface area (Å²) in [5.41, 5.74) is 2.89. The molecular weight excluding hydrogens is 244 g/mol. The Bertz CT molecular complexity index is 353. The van der Waals surface area contributed by atoms with Gasteiger partial charge in [0.2, 0.25) is 0 Å². The van der Waals surface area contributed by atoms with Gasteiger partial charge in [-0.3, -0.25) is 0 Å². The molecule has 0 aliphatic rings. The maximum Gasteiger partial charge on any atom is 0 e. The van der Waals surface area contributed by atoms with Crippen LogP contribution in [0, 0.1) is 0 Å². The smallest absolute Gasteiger partial charge is 0 e. The first-order valence-electron chi connectivity index (χ1n) is 6.94. The van der Waals surface area contributed by atoms with Gasteiger partial charge in [0.25, 0.3) is 0 Å². The molecule has 100 valence electrons. The zero-order chi connectivity index (χ0) is 13.1. The third-order valence-corrected chi connectivity index (χ3v) is 2.76. The van der Waals surface area contributed by atoms with Gasteiger partial charge in [-0.25, -0.2) is 0 Å². The van der Waals surface area contributed by atoms with Crippen molar-refractivity contribution in [3.8, 4) is 0 Å². The first-order chi connectivity index (χ1) is 8.86. The summed E-state index contributed by atoms with van der Waals surface area (Å²) in [5.74, 6) is 0. The highest BCUT2D eigenvalue weighted by Gasteiger charge is 1.85. The highest BCUT2D eigenvalue weighted by molar-refractivity contribution is 5.75. The number of hydrogen-bond acceptors (Lipinski definition) is 0. The zero-order valence-electron chi connectivity index (χ0n) is 12.1. The van der Waals surface area contributed by atoms with Crippen molar-refractivity contribution in [2.24, 2.45) is 0 Å². The van der Waals surface area contributed by atoms with Crippen molar-refractivity contribution in [1.82, 2.24) is 0 Å². The molecule has 2 aromatic carbocycles. The molecule has 0 aromatic heterocycles. The van der Waals surface area contributed by atoms with E-state index in [9.17, 15) is 0 Å². The van der Waals surface area contributed by atoms with E-state index in [0.29, 0.717) is 0 Å². The van der Waals surface area contributed by atoms with Gasteiger partial charge in [0.15, 0.2) is 0 Å². The van der Waals surface area contributed by atoms with E-state index in [1.807, 2.05) is 0 Å². The molecule has 1 heteroatoms. The van der Waals surface area contributed by atoms with E-state index in [1.54, 1.807) is 0 Å². The number of hydrogen-bond donors (Lipinski definition) is 0. The Kier molecular flexibility index (Phi) is 10.9. The Morgan fingerprint density at radius 2 is 0.895 bits per heavy atom. The summed E-state index contributed by atoms with van der Waals surface area (Å²) in [7, 11) is 0. The van der Waals surface area contributed by atoms with Crippen LogP contribution in [0.25, 0.3) is 0 Å². The molecule has 0 spiro atoms. The van der Waals surface area contributed by atoms with Crippen LogP contribution in [0.4, 0.5) is 0 Å². The van der Waals surface area contributed by atoms with E-state index in [4.69, 9.17) is 0 Å². The first-order valence-corrected chi connectivity index (χ1v) is 6.94. The zero-order valence-corrected chi connectivity index (χ0v) is 13.1. The second-order valence-electron chi connectivity index (χ2n) is 4.47. The summed E-state index contributed by atoms with van der Waals surface area (Å²) in [6.07, 6.45) is 4.90. The van der Waals surface area contributed by atoms with Gasteiger partial charge in [-0.1, -0.05) is 87.4 Å². The van der Waals surface area contributed by atoms with E-state index in [1.165, 1.54) is 36.8 Å². The topological polar surface area (TPSA) is 0 Å². The molecule has 0 atom stereocenters. The average Bonchev–Trinajstić information content (AvgIpc) is 2.43. The fourth-order valence-corrected chi connectivity index (χ4v) is 1.87. The fourth-order valence-electron chi connectivity index (χ4n) is 1.87. The van der Waals surface area contributed by atoms with Crippen molar-refractivity contribution in [2.45, 2.75) is 39.5 Å². The van der Waals surface area contributed by atoms with Crippen LogP contribution in [-0.4, -0.2) is 11.0 Å². The summed E-state index contributed by atoms with van der Waals surface area (Å²) in [6, 6.07) is 21.1. The van der Waals surface area contributed by atoms with Crippen LogP contribution in [0.15, 0.2) is 60.7 Å². The van der Waals surface area contributed by atoms with E-state index >= 15 is 0 Å². The molecule has 19 heavy (non-hydrogen) atoms. The minimum absolute atomic E-state index is 0. The van der Waals surface area contributed by atoms with Crippen LogP contribution < -0.4 is 0 Å². The SMILES string of the molecule is CCCc1ccccc1.CCCc1ccccc1.[Si]. The van der Waals surface area contributed by atoms with Crippen molar-refractivity contribution < 1.29 is 0 Å². The molecule has 0 amide bonds. The standard InChI is InChI=1S/2C9H12.Si/c2*1-2-6-9-7-4-3-5-8-9;/h2*3-5,7-8H,2,6H2,1H3;. The second-order valence-corrected chi connectivity index (χ2v) is 4.47. The van der Waals surface area contributed by atoms with Crippen LogP contribution in [0.2, 0.25) is 0 Å². The molecule has 0 saturated carbocycles. The third kappa shape index (κ3) is 8.39. The molecule has 0 aliphatic carbocycles. The molecule has 2 aromatic rings. The average molecular weight is 268 g/mol. The van der Waals surface area contributed by atoms with Gasteiger partial charge in [-0.05, 0) is 24.0 Å². The minimum atomic E-state index is 0. The second kappa shape index (κ2) is 11.7. The summed E-state index contributed by atoms with van der Waals surface area (Å²) >= 11 is 0. The van der Waals surface area contributed by atoms with Gasteiger partial charge in [0.1, 0.15) is 0 Å². The monoisotopic (exact) mass is 268 g/mol. The molecule has 0 bridgehead atoms. The minimum Gasteiger partial charge on any atom is -0.0651 e. The molecule has 0 heterocycles. The van der Waals surface area contributed by atoms with E-state index in [2.05, 4.69) is 74.5 Å². The van der Waals surface area contributed by atoms with Gasteiger partial charge < -0.3 is 0 Å². The molecule has 0 fully saturated rings. The molecular formula is C18H24Si. The van der Waals surface area contributed by atoms with Gasteiger partial charge in [0.05, 0.1) is 0 Å². The molecule has 0 saturated heterocycles. The predicted octanol–water partition coefficient (Wildman–Crippen LogP) is 4.90. The lowest BCUT2D eigenvalue weighted by molar-refractivity contribution is 0.922. The highest BCUT2D eigenvalue weighted by Crippen LogP contribution is 2.01. The number of aryl methyl sites for hydroxylation is 2. The molecule has 4 radical (unpaired) electrons. The predicted molar refractivity (Wildman–Crippen MR) is 86.6 cm³/mol. The van der Waals surface area contributed by atoms with E-state index in [0.717, 1.165) is 0 Å². The van der Waals surface area contributed by atoms with E-state index < -0.39 is 0 Å². The Labute approximate surface area is 122 Å². The van der Waals surface area contributed by atoms with Gasteiger partial charge in [-0.15, -0.1) is 0 Å². The van der Waals surface area contributed by atoms with Gasteiger partial charge >= 0.3 is 0 Å². The molecule has 2 rings (SSSR count). The van der Waals surface area contributed by atoms with Gasteiger partial charge in [0, 0.05) is 11.0 Å². The number of rotatable bonds is 4. The quantitative estimate of drug-likeness (QED) is 0.692. The third-order valence-electron chi connectivity index (χ3n) is 2.76. The van der Waals surface area contributed by atoms with Crippen molar-refractivity contribution in [2.75, 3.05) is 0 Å². The largest absolute Gasteiger partial charge is 0.0651 e. The highest BCUT2D eigenvalue weighted by atomic mass is 28.1. The van der Waals surface area contributed by atoms with Crippen LogP contribution in [0.3, 0.4) is 0 Å². The lowest BCUT2D eigenvalue weighted by atomic mass is 10.1. The maximum atomic E-state index is 2.20. The van der Waals surface area contributed by atoms with Crippen LogP contribution in [0.1, 0.15) is 37.8 Å². The lowest BCUT2D eigenvalue weighted by Crippen LogP contribution is -1.78. The number of benzene rings is 2. The normalized spacial score (nSPS) is 8.95. The summed E-state index contributed by atoms with van der Waals surface area (Å²) in [5, 5.41) is 0. The Hall–Kier alpha value is -1.34. The summed E-state index contributed by atoms with van der Waals surface area (Å²) in [6.45, 7) is 4.40. The lowest BCUT2D eigenvalue weighted by Gasteiger charge is -1.93. The Morgan fingerprint density at radius 3 is 1.16 bits per heavy atom. The van der Waals surface area contributed by atoms with Gasteiger partial charge in [-0.2, -0.15) is 0 Å².